The molecule has 8 nitrogen and oxygen atoms in total. The third-order valence-electron chi connectivity index (χ3n) is 10.8. The number of carbonyl (C=O) groups is 3. The Morgan fingerprint density at radius 2 is 0.905 bits per heavy atom. The van der Waals surface area contributed by atoms with E-state index in [9.17, 15) is 19.5 Å². The van der Waals surface area contributed by atoms with Crippen molar-refractivity contribution >= 4 is 17.9 Å². The molecule has 0 aromatic heterocycles. The molecule has 0 saturated heterocycles. The van der Waals surface area contributed by atoms with E-state index >= 15 is 0 Å². The standard InChI is InChI=1S/C55H93NO7/c1-6-8-10-12-14-16-18-20-22-24-26-28-30-32-34-36-38-40-42-44-46-54(58)63-51(49-61-48-47-52(55(59)60)56(3,4)5)50-62-53(57)45-43-41-39-37-35-33-31-29-27-25-23-21-19-17-15-13-11-9-7-2/h8,10,14,16,20,22,25-28,32,34,38,40,51-52H,6-7,9,11-13,15,17-19,21,23-24,29-31,33,35-37,39,41-50H2,1-5H3/b10-8+,16-14+,22-20+,27-25+,28-26+,34-32+,40-38+. The lowest BCUT2D eigenvalue weighted by atomic mass is 10.1. The van der Waals surface area contributed by atoms with Crippen molar-refractivity contribution in [1.82, 2.24) is 0 Å². The Morgan fingerprint density at radius 3 is 1.38 bits per heavy atom. The van der Waals surface area contributed by atoms with Crippen LogP contribution in [0.15, 0.2) is 85.1 Å². The second kappa shape index (κ2) is 45.1. The number of hydrogen-bond acceptors (Lipinski definition) is 7. The van der Waals surface area contributed by atoms with Gasteiger partial charge in [0.25, 0.3) is 0 Å². The Labute approximate surface area is 386 Å². The topological polar surface area (TPSA) is 102 Å². The number of carboxylic acids is 1. The second-order valence-corrected chi connectivity index (χ2v) is 17.7. The van der Waals surface area contributed by atoms with Crippen LogP contribution in [-0.2, 0) is 28.6 Å². The van der Waals surface area contributed by atoms with Gasteiger partial charge in [0.1, 0.15) is 12.6 Å². The molecule has 0 radical (unpaired) electrons. The number of aliphatic carboxylic acids is 1. The molecule has 0 bridgehead atoms. The molecule has 0 rings (SSSR count). The predicted octanol–water partition coefficient (Wildman–Crippen LogP) is 13.1. The Bertz CT molecular complexity index is 1300. The van der Waals surface area contributed by atoms with Crippen molar-refractivity contribution in [3.05, 3.63) is 85.1 Å². The van der Waals surface area contributed by atoms with Gasteiger partial charge >= 0.3 is 11.9 Å². The van der Waals surface area contributed by atoms with Gasteiger partial charge in [-0.2, -0.15) is 0 Å². The van der Waals surface area contributed by atoms with Gasteiger partial charge in [0.15, 0.2) is 6.10 Å². The minimum absolute atomic E-state index is 0.0120. The Hall–Kier alpha value is -3.49. The van der Waals surface area contributed by atoms with E-state index in [1.54, 1.807) is 21.1 Å². The first-order valence-corrected chi connectivity index (χ1v) is 25.1. The van der Waals surface area contributed by atoms with Crippen molar-refractivity contribution in [3.8, 4) is 0 Å². The largest absolute Gasteiger partial charge is 0.544 e. The number of unbranched alkanes of at least 4 members (excludes halogenated alkanes) is 16. The SMILES string of the molecule is CC/C=C/C/C=C/C/C=C/C/C=C/C/C=C/C/C=C/CCCC(=O)OC(COCCC(C(=O)[O-])[N+](C)(C)C)COC(=O)CCCCCCCCC/C=C/CCCCCCCCCC. The number of rotatable bonds is 44. The highest BCUT2D eigenvalue weighted by atomic mass is 16.6. The van der Waals surface area contributed by atoms with Crippen LogP contribution in [0.3, 0.4) is 0 Å². The molecule has 63 heavy (non-hydrogen) atoms. The maximum Gasteiger partial charge on any atom is 0.306 e. The summed E-state index contributed by atoms with van der Waals surface area (Å²) in [5.74, 6) is -1.82. The summed E-state index contributed by atoms with van der Waals surface area (Å²) < 4.78 is 17.2. The van der Waals surface area contributed by atoms with Crippen LogP contribution in [0, 0.1) is 0 Å². The van der Waals surface area contributed by atoms with Crippen LogP contribution in [0.25, 0.3) is 0 Å². The average molecular weight is 880 g/mol. The summed E-state index contributed by atoms with van der Waals surface area (Å²) in [6, 6.07) is -0.741. The summed E-state index contributed by atoms with van der Waals surface area (Å²) in [5.41, 5.74) is 0. The van der Waals surface area contributed by atoms with Crippen molar-refractivity contribution < 1.29 is 38.2 Å². The van der Waals surface area contributed by atoms with E-state index in [4.69, 9.17) is 14.2 Å². The van der Waals surface area contributed by atoms with Gasteiger partial charge in [0.05, 0.1) is 40.3 Å². The first-order chi connectivity index (χ1) is 30.6. The van der Waals surface area contributed by atoms with E-state index in [2.05, 4.69) is 98.9 Å². The zero-order valence-electron chi connectivity index (χ0n) is 41.0. The molecule has 0 amide bonds. The minimum Gasteiger partial charge on any atom is -0.544 e. The maximum absolute atomic E-state index is 12.8. The molecule has 0 saturated carbocycles. The summed E-state index contributed by atoms with van der Waals surface area (Å²) in [5, 5.41) is 11.7. The van der Waals surface area contributed by atoms with E-state index in [1.165, 1.54) is 89.9 Å². The summed E-state index contributed by atoms with van der Waals surface area (Å²) in [4.78, 5) is 37.0. The van der Waals surface area contributed by atoms with Crippen LogP contribution in [0.2, 0.25) is 0 Å². The fraction of sp³-hybridized carbons (Fsp3) is 0.691. The van der Waals surface area contributed by atoms with Gasteiger partial charge in [-0.1, -0.05) is 176 Å². The molecule has 2 unspecified atom stereocenters. The highest BCUT2D eigenvalue weighted by molar-refractivity contribution is 5.70. The quantitative estimate of drug-likeness (QED) is 0.0260. The Balaban J connectivity index is 4.39. The molecule has 8 heteroatoms. The predicted molar refractivity (Wildman–Crippen MR) is 263 cm³/mol. The van der Waals surface area contributed by atoms with Gasteiger partial charge in [-0.3, -0.25) is 9.59 Å². The fourth-order valence-electron chi connectivity index (χ4n) is 6.90. The molecule has 0 aromatic rings. The number of carboxylic acid groups (broad SMARTS) is 1. The summed E-state index contributed by atoms with van der Waals surface area (Å²) >= 11 is 0. The smallest absolute Gasteiger partial charge is 0.306 e. The molecular formula is C55H93NO7. The zero-order chi connectivity index (χ0) is 46.3. The molecule has 0 aliphatic carbocycles. The van der Waals surface area contributed by atoms with Crippen molar-refractivity contribution in [1.29, 1.82) is 0 Å². The first-order valence-electron chi connectivity index (χ1n) is 25.1. The third kappa shape index (κ3) is 43.5. The summed E-state index contributed by atoms with van der Waals surface area (Å²) in [7, 11) is 5.39. The zero-order valence-corrected chi connectivity index (χ0v) is 41.0. The monoisotopic (exact) mass is 880 g/mol. The number of quaternary nitrogens is 1. The van der Waals surface area contributed by atoms with Crippen LogP contribution >= 0.6 is 0 Å². The van der Waals surface area contributed by atoms with Crippen LogP contribution < -0.4 is 5.11 Å². The molecule has 0 N–H and O–H groups in total. The van der Waals surface area contributed by atoms with E-state index < -0.39 is 18.1 Å². The number of ether oxygens (including phenoxy) is 3. The maximum atomic E-state index is 12.8. The van der Waals surface area contributed by atoms with Gasteiger partial charge in [0.2, 0.25) is 0 Å². The van der Waals surface area contributed by atoms with E-state index in [0.29, 0.717) is 12.8 Å². The average Bonchev–Trinajstić information content (AvgIpc) is 3.24. The number of hydrogen-bond donors (Lipinski definition) is 0. The molecule has 0 aliphatic heterocycles. The number of likely N-dealkylation sites (N-methyl/N-ethyl adjacent to an activating group) is 1. The van der Waals surface area contributed by atoms with Gasteiger partial charge in [-0.05, 0) is 83.5 Å². The van der Waals surface area contributed by atoms with Crippen LogP contribution in [0.4, 0.5) is 0 Å². The molecule has 0 heterocycles. The molecule has 0 spiro atoms. The van der Waals surface area contributed by atoms with Crippen LogP contribution in [0.1, 0.15) is 194 Å². The van der Waals surface area contributed by atoms with Gasteiger partial charge in [0, 0.05) is 19.3 Å². The minimum atomic E-state index is -1.14. The van der Waals surface area contributed by atoms with Crippen molar-refractivity contribution in [2.75, 3.05) is 41.0 Å². The van der Waals surface area contributed by atoms with Crippen LogP contribution in [0.5, 0.6) is 0 Å². The van der Waals surface area contributed by atoms with E-state index in [1.807, 2.05) is 0 Å². The van der Waals surface area contributed by atoms with Crippen molar-refractivity contribution in [3.63, 3.8) is 0 Å². The number of allylic oxidation sites excluding steroid dienone is 14. The molecule has 360 valence electrons. The second-order valence-electron chi connectivity index (χ2n) is 17.7. The van der Waals surface area contributed by atoms with Crippen molar-refractivity contribution in [2.45, 2.75) is 206 Å². The highest BCUT2D eigenvalue weighted by Crippen LogP contribution is 2.14. The van der Waals surface area contributed by atoms with E-state index in [-0.39, 0.29) is 49.1 Å². The van der Waals surface area contributed by atoms with Gasteiger partial charge < -0.3 is 28.6 Å². The molecule has 0 fully saturated rings. The summed E-state index contributed by atoms with van der Waals surface area (Å²) in [6.07, 6.45) is 59.1. The fourth-order valence-corrected chi connectivity index (χ4v) is 6.90. The molecule has 2 atom stereocenters. The first kappa shape index (κ1) is 59.5. The normalized spacial score (nSPS) is 13.6. The third-order valence-corrected chi connectivity index (χ3v) is 10.8. The van der Waals surface area contributed by atoms with Crippen molar-refractivity contribution in [2.24, 2.45) is 0 Å². The lowest BCUT2D eigenvalue weighted by Gasteiger charge is -2.34. The lowest BCUT2D eigenvalue weighted by molar-refractivity contribution is -0.889. The number of carbonyl (C=O) groups excluding carboxylic acids is 3. The number of esters is 2. The van der Waals surface area contributed by atoms with Gasteiger partial charge in [-0.15, -0.1) is 0 Å². The van der Waals surface area contributed by atoms with Crippen LogP contribution in [-0.4, -0.2) is 75.5 Å². The summed E-state index contributed by atoms with van der Waals surface area (Å²) in [6.45, 7) is 4.48. The molecule has 0 aromatic carbocycles. The Morgan fingerprint density at radius 1 is 0.492 bits per heavy atom. The van der Waals surface area contributed by atoms with Gasteiger partial charge in [-0.25, -0.2) is 0 Å². The molecule has 0 aliphatic rings. The van der Waals surface area contributed by atoms with E-state index in [0.717, 1.165) is 64.2 Å². The highest BCUT2D eigenvalue weighted by Gasteiger charge is 2.25. The number of nitrogens with zero attached hydrogens (tertiary/aromatic N) is 1. The molecular weight excluding hydrogens is 787 g/mol. The Kier molecular flexibility index (Phi) is 42.6. The lowest BCUT2D eigenvalue weighted by Crippen LogP contribution is -2.55.